The van der Waals surface area contributed by atoms with Gasteiger partial charge in [0.15, 0.2) is 6.10 Å². The van der Waals surface area contributed by atoms with Crippen molar-refractivity contribution >= 4 is 21.9 Å². The standard InChI is InChI=1S/C18H26N4O7S/c1-30(25,26)22-6-3-12(4-7-22)20-18-19-5-2-14(21-18)29-13-10-28-16-11(8-15(23)24)9-27-17(13)16/h2,5,11-13,16-17H,3-4,6-10H2,1H3,(H,23,24)(H,19,20,21)/t11-,13-,16+,17-/m0/s1. The van der Waals surface area contributed by atoms with Gasteiger partial charge in [-0.25, -0.2) is 17.7 Å². The molecule has 30 heavy (non-hydrogen) atoms. The van der Waals surface area contributed by atoms with Gasteiger partial charge in [0.25, 0.3) is 0 Å². The number of anilines is 1. The van der Waals surface area contributed by atoms with E-state index in [-0.39, 0.29) is 36.7 Å². The van der Waals surface area contributed by atoms with Crippen molar-refractivity contribution in [3.05, 3.63) is 12.3 Å². The largest absolute Gasteiger partial charge is 0.481 e. The van der Waals surface area contributed by atoms with E-state index in [1.165, 1.54) is 10.6 Å². The molecule has 4 heterocycles. The molecule has 0 aliphatic carbocycles. The maximum atomic E-state index is 11.6. The summed E-state index contributed by atoms with van der Waals surface area (Å²) in [7, 11) is -3.16. The number of nitrogens with zero attached hydrogens (tertiary/aromatic N) is 3. The second-order valence-electron chi connectivity index (χ2n) is 7.91. The highest BCUT2D eigenvalue weighted by atomic mass is 32.2. The number of hydrogen-bond acceptors (Lipinski definition) is 9. The normalized spacial score (nSPS) is 30.2. The van der Waals surface area contributed by atoms with E-state index in [2.05, 4.69) is 15.3 Å². The summed E-state index contributed by atoms with van der Waals surface area (Å²) in [6.07, 6.45) is 3.18. The molecule has 0 unspecified atom stereocenters. The number of ether oxygens (including phenoxy) is 3. The lowest BCUT2D eigenvalue weighted by Gasteiger charge is -2.30. The van der Waals surface area contributed by atoms with Gasteiger partial charge in [0, 0.05) is 37.3 Å². The van der Waals surface area contributed by atoms with Crippen LogP contribution in [0.1, 0.15) is 19.3 Å². The van der Waals surface area contributed by atoms with Crippen LogP contribution in [0.3, 0.4) is 0 Å². The Labute approximate surface area is 174 Å². The summed E-state index contributed by atoms with van der Waals surface area (Å²) in [6.45, 7) is 1.57. The molecular weight excluding hydrogens is 416 g/mol. The number of carboxylic acids is 1. The summed E-state index contributed by atoms with van der Waals surface area (Å²) in [6, 6.07) is 1.72. The molecule has 3 fully saturated rings. The number of sulfonamides is 1. The summed E-state index contributed by atoms with van der Waals surface area (Å²) in [5, 5.41) is 12.3. The monoisotopic (exact) mass is 442 g/mol. The minimum atomic E-state index is -3.16. The highest BCUT2D eigenvalue weighted by molar-refractivity contribution is 7.88. The molecular formula is C18H26N4O7S. The topological polar surface area (TPSA) is 140 Å². The average molecular weight is 442 g/mol. The van der Waals surface area contributed by atoms with E-state index in [1.807, 2.05) is 0 Å². The smallest absolute Gasteiger partial charge is 0.303 e. The molecule has 3 saturated heterocycles. The molecule has 1 aromatic heterocycles. The molecule has 0 spiro atoms. The fraction of sp³-hybridized carbons (Fsp3) is 0.722. The van der Waals surface area contributed by atoms with Gasteiger partial charge in [-0.15, -0.1) is 0 Å². The SMILES string of the molecule is CS(=O)(=O)N1CCC(Nc2nccc(O[C@H]3CO[C@@H]4[C@@H](CC(=O)O)CO[C@H]43)n2)CC1. The van der Waals surface area contributed by atoms with Gasteiger partial charge in [-0.3, -0.25) is 4.79 Å². The molecule has 4 rings (SSSR count). The van der Waals surface area contributed by atoms with E-state index < -0.39 is 16.0 Å². The number of nitrogens with one attached hydrogen (secondary N) is 1. The Kier molecular flexibility index (Phi) is 6.09. The Morgan fingerprint density at radius 1 is 1.30 bits per heavy atom. The lowest BCUT2D eigenvalue weighted by Crippen LogP contribution is -2.42. The molecule has 11 nitrogen and oxygen atoms in total. The molecule has 0 bridgehead atoms. The quantitative estimate of drug-likeness (QED) is 0.590. The van der Waals surface area contributed by atoms with E-state index in [1.54, 1.807) is 12.3 Å². The van der Waals surface area contributed by atoms with Crippen LogP contribution in [0.15, 0.2) is 12.3 Å². The number of hydrogen-bond donors (Lipinski definition) is 2. The van der Waals surface area contributed by atoms with E-state index in [0.717, 1.165) is 0 Å². The van der Waals surface area contributed by atoms with E-state index in [9.17, 15) is 13.2 Å². The zero-order valence-electron chi connectivity index (χ0n) is 16.6. The first-order valence-electron chi connectivity index (χ1n) is 9.96. The van der Waals surface area contributed by atoms with E-state index >= 15 is 0 Å². The number of carbonyl (C=O) groups is 1. The fourth-order valence-electron chi connectivity index (χ4n) is 4.19. The van der Waals surface area contributed by atoms with Gasteiger partial charge in [-0.2, -0.15) is 4.98 Å². The molecule has 0 radical (unpaired) electrons. The Bertz CT molecular complexity index is 875. The Morgan fingerprint density at radius 3 is 2.73 bits per heavy atom. The first-order chi connectivity index (χ1) is 14.3. The van der Waals surface area contributed by atoms with Crippen molar-refractivity contribution in [3.8, 4) is 5.88 Å². The molecule has 3 aliphatic rings. The molecule has 3 aliphatic heterocycles. The van der Waals surface area contributed by atoms with Crippen molar-refractivity contribution in [2.75, 3.05) is 37.9 Å². The third-order valence-corrected chi connectivity index (χ3v) is 7.01. The van der Waals surface area contributed by atoms with Crippen LogP contribution in [-0.2, 0) is 24.3 Å². The zero-order chi connectivity index (χ0) is 21.3. The van der Waals surface area contributed by atoms with Crippen LogP contribution < -0.4 is 10.1 Å². The predicted octanol–water partition coefficient (Wildman–Crippen LogP) is -0.0516. The molecule has 2 N–H and O–H groups in total. The average Bonchev–Trinajstić information content (AvgIpc) is 3.25. The minimum absolute atomic E-state index is 0.00755. The second-order valence-corrected chi connectivity index (χ2v) is 9.89. The Morgan fingerprint density at radius 2 is 2.03 bits per heavy atom. The molecule has 166 valence electrons. The molecule has 0 saturated carbocycles. The first kappa shape index (κ1) is 21.2. The van der Waals surface area contributed by atoms with Crippen LogP contribution in [0.2, 0.25) is 0 Å². The predicted molar refractivity (Wildman–Crippen MR) is 105 cm³/mol. The first-order valence-corrected chi connectivity index (χ1v) is 11.8. The second kappa shape index (κ2) is 8.61. The summed E-state index contributed by atoms with van der Waals surface area (Å²) in [4.78, 5) is 19.6. The summed E-state index contributed by atoms with van der Waals surface area (Å²) in [5.41, 5.74) is 0. The van der Waals surface area contributed by atoms with E-state index in [0.29, 0.717) is 51.0 Å². The summed E-state index contributed by atoms with van der Waals surface area (Å²) >= 11 is 0. The van der Waals surface area contributed by atoms with Crippen LogP contribution in [0.4, 0.5) is 5.95 Å². The number of aromatic nitrogens is 2. The van der Waals surface area contributed by atoms with Crippen LogP contribution in [-0.4, -0.2) is 90.7 Å². The molecule has 12 heteroatoms. The minimum Gasteiger partial charge on any atom is -0.481 e. The van der Waals surface area contributed by atoms with Crippen molar-refractivity contribution < 1.29 is 32.5 Å². The third-order valence-electron chi connectivity index (χ3n) is 5.71. The van der Waals surface area contributed by atoms with Gasteiger partial charge in [0.1, 0.15) is 6.10 Å². The summed E-state index contributed by atoms with van der Waals surface area (Å²) in [5.74, 6) is -0.259. The highest BCUT2D eigenvalue weighted by Gasteiger charge is 2.49. The highest BCUT2D eigenvalue weighted by Crippen LogP contribution is 2.34. The van der Waals surface area contributed by atoms with Gasteiger partial charge in [0.2, 0.25) is 21.9 Å². The van der Waals surface area contributed by atoms with Crippen LogP contribution in [0.25, 0.3) is 0 Å². The molecule has 0 amide bonds. The Hall–Kier alpha value is -2.02. The number of carboxylic acid groups (broad SMARTS) is 1. The number of rotatable bonds is 7. The lowest BCUT2D eigenvalue weighted by molar-refractivity contribution is -0.138. The van der Waals surface area contributed by atoms with Crippen molar-refractivity contribution in [3.63, 3.8) is 0 Å². The van der Waals surface area contributed by atoms with Gasteiger partial charge >= 0.3 is 5.97 Å². The van der Waals surface area contributed by atoms with E-state index in [4.69, 9.17) is 19.3 Å². The number of fused-ring (bicyclic) bond motifs is 1. The van der Waals surface area contributed by atoms with Crippen LogP contribution in [0, 0.1) is 5.92 Å². The summed E-state index contributed by atoms with van der Waals surface area (Å²) < 4.78 is 42.2. The molecule has 1 aromatic rings. The van der Waals surface area contributed by atoms with Crippen molar-refractivity contribution in [2.24, 2.45) is 5.92 Å². The fourth-order valence-corrected chi connectivity index (χ4v) is 5.06. The zero-order valence-corrected chi connectivity index (χ0v) is 17.5. The Balaban J connectivity index is 1.32. The van der Waals surface area contributed by atoms with Crippen molar-refractivity contribution in [1.29, 1.82) is 0 Å². The molecule has 4 atom stereocenters. The maximum absolute atomic E-state index is 11.6. The van der Waals surface area contributed by atoms with Gasteiger partial charge < -0.3 is 24.6 Å². The van der Waals surface area contributed by atoms with Gasteiger partial charge in [0.05, 0.1) is 32.0 Å². The third kappa shape index (κ3) is 4.82. The van der Waals surface area contributed by atoms with Crippen molar-refractivity contribution in [1.82, 2.24) is 14.3 Å². The maximum Gasteiger partial charge on any atom is 0.303 e. The van der Waals surface area contributed by atoms with Crippen LogP contribution in [0.5, 0.6) is 5.88 Å². The van der Waals surface area contributed by atoms with Gasteiger partial charge in [-0.05, 0) is 12.8 Å². The van der Waals surface area contributed by atoms with Crippen LogP contribution >= 0.6 is 0 Å². The van der Waals surface area contributed by atoms with Crippen molar-refractivity contribution in [2.45, 2.75) is 43.6 Å². The molecule has 0 aromatic carbocycles. The number of piperidine rings is 1. The number of aliphatic carboxylic acids is 1. The lowest BCUT2D eigenvalue weighted by atomic mass is 9.98. The van der Waals surface area contributed by atoms with Gasteiger partial charge in [-0.1, -0.05) is 0 Å².